The second-order valence-corrected chi connectivity index (χ2v) is 7.69. The molecule has 0 radical (unpaired) electrons. The first-order chi connectivity index (χ1) is 12.6. The molecule has 1 atom stereocenters. The van der Waals surface area contributed by atoms with Crippen molar-refractivity contribution in [3.05, 3.63) is 29.8 Å². The first-order valence-corrected chi connectivity index (χ1v) is 10.4. The van der Waals surface area contributed by atoms with Gasteiger partial charge in [0.25, 0.3) is 0 Å². The van der Waals surface area contributed by atoms with Crippen LogP contribution in [0, 0.1) is 0 Å². The van der Waals surface area contributed by atoms with Gasteiger partial charge in [-0.15, -0.1) is 0 Å². The molecular weight excluding hydrogens is 324 g/mol. The highest BCUT2D eigenvalue weighted by molar-refractivity contribution is 5.79. The quantitative estimate of drug-likeness (QED) is 0.770. The third-order valence-corrected chi connectivity index (χ3v) is 6.25. The van der Waals surface area contributed by atoms with Gasteiger partial charge in [0, 0.05) is 25.3 Å². The molecule has 1 unspecified atom stereocenters. The van der Waals surface area contributed by atoms with Crippen LogP contribution < -0.4 is 4.90 Å². The fraction of sp³-hybridized carbons (Fsp3) is 0.682. The van der Waals surface area contributed by atoms with Crippen LogP contribution in [0.3, 0.4) is 0 Å². The molecule has 0 bridgehead atoms. The molecule has 26 heavy (non-hydrogen) atoms. The van der Waals surface area contributed by atoms with Crippen molar-refractivity contribution in [2.45, 2.75) is 70.9 Å². The summed E-state index contributed by atoms with van der Waals surface area (Å²) in [5, 5.41) is 0. The van der Waals surface area contributed by atoms with Crippen molar-refractivity contribution >= 4 is 11.6 Å². The Morgan fingerprint density at radius 1 is 1.15 bits per heavy atom. The van der Waals surface area contributed by atoms with E-state index in [0.29, 0.717) is 0 Å². The predicted octanol–water partition coefficient (Wildman–Crippen LogP) is 4.03. The van der Waals surface area contributed by atoms with E-state index in [1.165, 1.54) is 11.3 Å². The van der Waals surface area contributed by atoms with E-state index in [1.807, 2.05) is 0 Å². The highest BCUT2D eigenvalue weighted by atomic mass is 16.5. The molecule has 2 fully saturated rings. The van der Waals surface area contributed by atoms with Crippen LogP contribution in [-0.2, 0) is 16.0 Å². The summed E-state index contributed by atoms with van der Waals surface area (Å²) in [5.74, 6) is 0.176. The summed E-state index contributed by atoms with van der Waals surface area (Å²) in [6, 6.07) is 8.96. The van der Waals surface area contributed by atoms with Crippen LogP contribution in [0.1, 0.15) is 58.4 Å². The molecule has 1 spiro atoms. The number of ether oxygens (including phenoxy) is 1. The van der Waals surface area contributed by atoms with Crippen molar-refractivity contribution in [3.8, 4) is 0 Å². The second-order valence-electron chi connectivity index (χ2n) is 7.69. The fourth-order valence-electron chi connectivity index (χ4n) is 4.77. The van der Waals surface area contributed by atoms with Crippen LogP contribution in [0.15, 0.2) is 24.3 Å². The number of unbranched alkanes of at least 4 members (excludes halogenated alkanes) is 1. The molecule has 4 heteroatoms. The number of hydrogen-bond donors (Lipinski definition) is 0. The molecule has 1 aromatic carbocycles. The molecule has 1 amide bonds. The van der Waals surface area contributed by atoms with Crippen molar-refractivity contribution in [1.82, 2.24) is 4.90 Å². The Kier molecular flexibility index (Phi) is 6.23. The zero-order valence-corrected chi connectivity index (χ0v) is 16.7. The Morgan fingerprint density at radius 3 is 2.54 bits per heavy atom. The van der Waals surface area contributed by atoms with Gasteiger partial charge in [0.2, 0.25) is 5.91 Å². The molecule has 2 aliphatic heterocycles. The molecule has 0 saturated carbocycles. The molecule has 2 aliphatic rings. The largest absolute Gasteiger partial charge is 0.371 e. The minimum Gasteiger partial charge on any atom is -0.371 e. The predicted molar refractivity (Wildman–Crippen MR) is 107 cm³/mol. The lowest BCUT2D eigenvalue weighted by Gasteiger charge is -2.53. The van der Waals surface area contributed by atoms with Gasteiger partial charge in [-0.3, -0.25) is 4.79 Å². The summed E-state index contributed by atoms with van der Waals surface area (Å²) in [4.78, 5) is 17.1. The number of amides is 1. The third-order valence-electron chi connectivity index (χ3n) is 6.25. The Balaban J connectivity index is 1.74. The number of morpholine rings is 1. The number of para-hydroxylation sites is 1. The minimum atomic E-state index is -0.159. The van der Waals surface area contributed by atoms with E-state index in [9.17, 15) is 4.79 Å². The van der Waals surface area contributed by atoms with Gasteiger partial charge in [0.15, 0.2) is 0 Å². The Labute approximate surface area is 158 Å². The SMILES string of the molecule is CCCCN1C(=O)COC2(CCN(c3ccccc3CC)CC2)C1CC. The van der Waals surface area contributed by atoms with E-state index < -0.39 is 0 Å². The summed E-state index contributed by atoms with van der Waals surface area (Å²) in [5.41, 5.74) is 2.63. The van der Waals surface area contributed by atoms with Gasteiger partial charge in [0.05, 0.1) is 11.6 Å². The Morgan fingerprint density at radius 2 is 1.88 bits per heavy atom. The summed E-state index contributed by atoms with van der Waals surface area (Å²) in [6.07, 6.45) is 6.23. The maximum Gasteiger partial charge on any atom is 0.248 e. The first-order valence-electron chi connectivity index (χ1n) is 10.4. The lowest BCUT2D eigenvalue weighted by molar-refractivity contribution is -0.184. The van der Waals surface area contributed by atoms with Crippen molar-refractivity contribution in [3.63, 3.8) is 0 Å². The topological polar surface area (TPSA) is 32.8 Å². The van der Waals surface area contributed by atoms with Crippen LogP contribution in [0.4, 0.5) is 5.69 Å². The first kappa shape index (κ1) is 19.2. The van der Waals surface area contributed by atoms with E-state index in [0.717, 1.165) is 58.2 Å². The number of nitrogens with zero attached hydrogens (tertiary/aromatic N) is 2. The average Bonchev–Trinajstić information content (AvgIpc) is 2.69. The van der Waals surface area contributed by atoms with Gasteiger partial charge >= 0.3 is 0 Å². The van der Waals surface area contributed by atoms with Crippen LogP contribution in [0.5, 0.6) is 0 Å². The number of benzene rings is 1. The lowest BCUT2D eigenvalue weighted by atomic mass is 9.80. The summed E-state index contributed by atoms with van der Waals surface area (Å²) in [6.45, 7) is 9.75. The molecule has 4 nitrogen and oxygen atoms in total. The third kappa shape index (κ3) is 3.62. The van der Waals surface area contributed by atoms with Gasteiger partial charge in [-0.25, -0.2) is 0 Å². The molecule has 2 heterocycles. The van der Waals surface area contributed by atoms with E-state index >= 15 is 0 Å². The monoisotopic (exact) mass is 358 g/mol. The normalized spacial score (nSPS) is 22.9. The number of piperidine rings is 1. The van der Waals surface area contributed by atoms with E-state index in [4.69, 9.17) is 4.74 Å². The van der Waals surface area contributed by atoms with Crippen LogP contribution >= 0.6 is 0 Å². The summed E-state index contributed by atoms with van der Waals surface area (Å²) >= 11 is 0. The summed E-state index contributed by atoms with van der Waals surface area (Å²) in [7, 11) is 0. The minimum absolute atomic E-state index is 0.159. The Bertz CT molecular complexity index is 608. The van der Waals surface area contributed by atoms with E-state index in [2.05, 4.69) is 54.8 Å². The van der Waals surface area contributed by atoms with Crippen molar-refractivity contribution < 1.29 is 9.53 Å². The molecule has 2 saturated heterocycles. The molecule has 3 rings (SSSR count). The van der Waals surface area contributed by atoms with E-state index in [1.54, 1.807) is 0 Å². The standard InChI is InChI=1S/C22H34N2O2/c1-4-7-14-24-20(6-3)22(26-17-21(24)25)12-15-23(16-13-22)19-11-9-8-10-18(19)5-2/h8-11,20H,4-7,12-17H2,1-3H3. The van der Waals surface area contributed by atoms with Crippen LogP contribution in [-0.4, -0.2) is 48.7 Å². The molecule has 0 aromatic heterocycles. The Hall–Kier alpha value is -1.55. The van der Waals surface area contributed by atoms with Gasteiger partial charge in [-0.05, 0) is 43.7 Å². The number of rotatable bonds is 6. The maximum absolute atomic E-state index is 12.5. The maximum atomic E-state index is 12.5. The number of hydrogen-bond acceptors (Lipinski definition) is 3. The highest BCUT2D eigenvalue weighted by Gasteiger charge is 2.49. The van der Waals surface area contributed by atoms with Crippen LogP contribution in [0.2, 0.25) is 0 Å². The fourth-order valence-corrected chi connectivity index (χ4v) is 4.77. The van der Waals surface area contributed by atoms with E-state index in [-0.39, 0.29) is 24.2 Å². The zero-order chi connectivity index (χ0) is 18.6. The van der Waals surface area contributed by atoms with Crippen molar-refractivity contribution in [2.75, 3.05) is 31.1 Å². The number of carbonyl (C=O) groups excluding carboxylic acids is 1. The molecule has 0 aliphatic carbocycles. The average molecular weight is 359 g/mol. The summed E-state index contributed by atoms with van der Waals surface area (Å²) < 4.78 is 6.26. The molecule has 144 valence electrons. The van der Waals surface area contributed by atoms with Gasteiger partial charge in [-0.2, -0.15) is 0 Å². The number of carbonyl (C=O) groups is 1. The number of aryl methyl sites for hydroxylation is 1. The zero-order valence-electron chi connectivity index (χ0n) is 16.7. The van der Waals surface area contributed by atoms with Crippen LogP contribution in [0.25, 0.3) is 0 Å². The van der Waals surface area contributed by atoms with Gasteiger partial charge < -0.3 is 14.5 Å². The van der Waals surface area contributed by atoms with Gasteiger partial charge in [0.1, 0.15) is 6.61 Å². The van der Waals surface area contributed by atoms with Crippen molar-refractivity contribution in [2.24, 2.45) is 0 Å². The smallest absolute Gasteiger partial charge is 0.248 e. The number of anilines is 1. The van der Waals surface area contributed by atoms with Crippen molar-refractivity contribution in [1.29, 1.82) is 0 Å². The molecular formula is C22H34N2O2. The highest BCUT2D eigenvalue weighted by Crippen LogP contribution is 2.39. The van der Waals surface area contributed by atoms with Gasteiger partial charge in [-0.1, -0.05) is 45.4 Å². The second kappa shape index (κ2) is 8.43. The molecule has 0 N–H and O–H groups in total. The molecule has 1 aromatic rings. The lowest BCUT2D eigenvalue weighted by Crippen LogP contribution is -2.65.